The van der Waals surface area contributed by atoms with E-state index in [1.807, 2.05) is 0 Å². The van der Waals surface area contributed by atoms with Gasteiger partial charge >= 0.3 is 5.69 Å². The van der Waals surface area contributed by atoms with Crippen molar-refractivity contribution in [1.29, 1.82) is 0 Å². The minimum absolute atomic E-state index is 0.0627. The van der Waals surface area contributed by atoms with Crippen LogP contribution >= 0.6 is 0 Å². The summed E-state index contributed by atoms with van der Waals surface area (Å²) in [4.78, 5) is 9.99. The van der Waals surface area contributed by atoms with Gasteiger partial charge in [-0.15, -0.1) is 0 Å². The summed E-state index contributed by atoms with van der Waals surface area (Å²) in [6.07, 6.45) is 2.94. The molecule has 1 aromatic heterocycles. The van der Waals surface area contributed by atoms with Crippen molar-refractivity contribution >= 4 is 5.69 Å². The van der Waals surface area contributed by atoms with Crippen molar-refractivity contribution in [2.45, 2.75) is 39.8 Å². The third kappa shape index (κ3) is 5.35. The van der Waals surface area contributed by atoms with E-state index in [4.69, 9.17) is 0 Å². The highest BCUT2D eigenvalue weighted by molar-refractivity contribution is 5.20. The third-order valence-electron chi connectivity index (χ3n) is 3.17. The predicted molar refractivity (Wildman–Crippen MR) is 71.8 cm³/mol. The number of aliphatic hydroxyl groups is 1. The summed E-state index contributed by atoms with van der Waals surface area (Å²) >= 11 is 0. The van der Waals surface area contributed by atoms with Gasteiger partial charge < -0.3 is 10.4 Å². The summed E-state index contributed by atoms with van der Waals surface area (Å²) < 4.78 is 1.38. The fourth-order valence-corrected chi connectivity index (χ4v) is 1.53. The number of aromatic nitrogens is 2. The van der Waals surface area contributed by atoms with Crippen LogP contribution in [0.25, 0.3) is 0 Å². The second-order valence-electron chi connectivity index (χ2n) is 5.48. The summed E-state index contributed by atoms with van der Waals surface area (Å²) in [5.74, 6) is 0. The van der Waals surface area contributed by atoms with Crippen LogP contribution < -0.4 is 5.32 Å². The van der Waals surface area contributed by atoms with E-state index in [2.05, 4.69) is 31.2 Å². The number of hydrogen-bond donors (Lipinski definition) is 2. The van der Waals surface area contributed by atoms with Crippen LogP contribution in [0.4, 0.5) is 5.69 Å². The van der Waals surface area contributed by atoms with Gasteiger partial charge in [-0.1, -0.05) is 20.8 Å². The van der Waals surface area contributed by atoms with E-state index < -0.39 is 11.0 Å². The molecule has 2 N–H and O–H groups in total. The second-order valence-corrected chi connectivity index (χ2v) is 5.48. The van der Waals surface area contributed by atoms with E-state index in [0.717, 1.165) is 13.0 Å². The second kappa shape index (κ2) is 6.63. The van der Waals surface area contributed by atoms with E-state index in [1.54, 1.807) is 0 Å². The van der Waals surface area contributed by atoms with E-state index in [-0.39, 0.29) is 17.6 Å². The van der Waals surface area contributed by atoms with Gasteiger partial charge in [-0.3, -0.25) is 14.8 Å². The molecule has 0 spiro atoms. The largest absolute Gasteiger partial charge is 0.390 e. The van der Waals surface area contributed by atoms with Crippen LogP contribution in [0.15, 0.2) is 12.4 Å². The molecule has 0 aliphatic heterocycles. The molecule has 7 nitrogen and oxygen atoms in total. The van der Waals surface area contributed by atoms with Crippen LogP contribution in [0, 0.1) is 15.5 Å². The number of aliphatic hydroxyl groups excluding tert-OH is 1. The van der Waals surface area contributed by atoms with Crippen LogP contribution in [-0.2, 0) is 6.54 Å². The normalized spacial score (nSPS) is 13.5. The van der Waals surface area contributed by atoms with E-state index >= 15 is 0 Å². The van der Waals surface area contributed by atoms with Crippen LogP contribution in [0.1, 0.15) is 27.2 Å². The van der Waals surface area contributed by atoms with Gasteiger partial charge in [-0.2, -0.15) is 5.10 Å². The molecular weight excluding hydrogens is 248 g/mol. The fraction of sp³-hybridized carbons (Fsp3) is 0.750. The molecule has 1 heterocycles. The van der Waals surface area contributed by atoms with Crippen molar-refractivity contribution < 1.29 is 10.0 Å². The molecular formula is C12H22N4O3. The first-order chi connectivity index (χ1) is 8.84. The molecule has 108 valence electrons. The quantitative estimate of drug-likeness (QED) is 0.546. The zero-order valence-electron chi connectivity index (χ0n) is 11.7. The Kier molecular flexibility index (Phi) is 5.44. The van der Waals surface area contributed by atoms with Gasteiger partial charge in [0.2, 0.25) is 0 Å². The monoisotopic (exact) mass is 270 g/mol. The highest BCUT2D eigenvalue weighted by Crippen LogP contribution is 2.17. The Hall–Kier alpha value is -1.47. The first kappa shape index (κ1) is 15.6. The Balaban J connectivity index is 2.34. The molecule has 0 aromatic carbocycles. The van der Waals surface area contributed by atoms with Crippen molar-refractivity contribution in [1.82, 2.24) is 15.1 Å². The summed E-state index contributed by atoms with van der Waals surface area (Å²) in [7, 11) is 0. The molecule has 0 fully saturated rings. The number of nitro groups is 1. The van der Waals surface area contributed by atoms with Gasteiger partial charge in [0, 0.05) is 13.1 Å². The molecule has 1 atom stereocenters. The van der Waals surface area contributed by atoms with Gasteiger partial charge in [-0.05, 0) is 11.8 Å². The Labute approximate surface area is 112 Å². The number of rotatable bonds is 8. The van der Waals surface area contributed by atoms with Crippen molar-refractivity contribution in [3.63, 3.8) is 0 Å². The Bertz CT molecular complexity index is 417. The average molecular weight is 270 g/mol. The maximum Gasteiger partial charge on any atom is 0.306 e. The maximum absolute atomic E-state index is 10.5. The lowest BCUT2D eigenvalue weighted by Crippen LogP contribution is -2.36. The Morgan fingerprint density at radius 2 is 2.32 bits per heavy atom. The standard InChI is InChI=1S/C12H22N4O3/c1-4-12(2,3)9-13-6-11(17)8-15-7-10(5-14-15)16(18)19/h5,7,11,13,17H,4,6,8-9H2,1-3H3. The summed E-state index contributed by atoms with van der Waals surface area (Å²) in [5, 5.41) is 27.4. The van der Waals surface area contributed by atoms with Crippen molar-refractivity contribution in [3.05, 3.63) is 22.5 Å². The van der Waals surface area contributed by atoms with Crippen LogP contribution in [0.2, 0.25) is 0 Å². The summed E-state index contributed by atoms with van der Waals surface area (Å²) in [5.41, 5.74) is 0.136. The van der Waals surface area contributed by atoms with Crippen LogP contribution in [-0.4, -0.2) is 39.0 Å². The van der Waals surface area contributed by atoms with Crippen LogP contribution in [0.5, 0.6) is 0 Å². The van der Waals surface area contributed by atoms with Crippen molar-refractivity contribution in [2.24, 2.45) is 5.41 Å². The maximum atomic E-state index is 10.5. The van der Waals surface area contributed by atoms with Gasteiger partial charge in [0.1, 0.15) is 12.4 Å². The zero-order valence-corrected chi connectivity index (χ0v) is 11.7. The molecule has 7 heteroatoms. The summed E-state index contributed by atoms with van der Waals surface area (Å²) in [6, 6.07) is 0. The lowest BCUT2D eigenvalue weighted by molar-refractivity contribution is -0.385. The Morgan fingerprint density at radius 1 is 1.63 bits per heavy atom. The van der Waals surface area contributed by atoms with Gasteiger partial charge in [0.15, 0.2) is 0 Å². The van der Waals surface area contributed by atoms with E-state index in [1.165, 1.54) is 17.1 Å². The molecule has 0 amide bonds. The number of hydrogen-bond acceptors (Lipinski definition) is 5. The molecule has 0 aliphatic carbocycles. The number of nitrogens with zero attached hydrogens (tertiary/aromatic N) is 3. The first-order valence-electron chi connectivity index (χ1n) is 6.39. The highest BCUT2D eigenvalue weighted by atomic mass is 16.6. The Morgan fingerprint density at radius 3 is 2.84 bits per heavy atom. The molecule has 0 bridgehead atoms. The van der Waals surface area contributed by atoms with Gasteiger partial charge in [0.25, 0.3) is 0 Å². The fourth-order valence-electron chi connectivity index (χ4n) is 1.53. The molecule has 0 aliphatic rings. The smallest absolute Gasteiger partial charge is 0.306 e. The van der Waals surface area contributed by atoms with E-state index in [9.17, 15) is 15.2 Å². The third-order valence-corrected chi connectivity index (χ3v) is 3.17. The minimum Gasteiger partial charge on any atom is -0.390 e. The molecule has 1 aromatic rings. The first-order valence-corrected chi connectivity index (χ1v) is 6.39. The van der Waals surface area contributed by atoms with E-state index in [0.29, 0.717) is 6.54 Å². The molecule has 0 saturated heterocycles. The van der Waals surface area contributed by atoms with Crippen LogP contribution in [0.3, 0.4) is 0 Å². The molecule has 1 rings (SSSR count). The highest BCUT2D eigenvalue weighted by Gasteiger charge is 2.16. The SMILES string of the molecule is CCC(C)(C)CNCC(O)Cn1cc([N+](=O)[O-])cn1. The lowest BCUT2D eigenvalue weighted by Gasteiger charge is -2.23. The number of nitrogens with one attached hydrogen (secondary N) is 1. The molecule has 0 radical (unpaired) electrons. The molecule has 1 unspecified atom stereocenters. The molecule has 0 saturated carbocycles. The predicted octanol–water partition coefficient (Wildman–Crippen LogP) is 1.18. The van der Waals surface area contributed by atoms with Crippen molar-refractivity contribution in [2.75, 3.05) is 13.1 Å². The van der Waals surface area contributed by atoms with Crippen molar-refractivity contribution in [3.8, 4) is 0 Å². The average Bonchev–Trinajstić information content (AvgIpc) is 2.77. The zero-order chi connectivity index (χ0) is 14.5. The van der Waals surface area contributed by atoms with Gasteiger partial charge in [0.05, 0.1) is 17.6 Å². The molecule has 19 heavy (non-hydrogen) atoms. The topological polar surface area (TPSA) is 93.2 Å². The minimum atomic E-state index is -0.618. The summed E-state index contributed by atoms with van der Waals surface area (Å²) in [6.45, 7) is 7.94. The lowest BCUT2D eigenvalue weighted by atomic mass is 9.90. The van der Waals surface area contributed by atoms with Gasteiger partial charge in [-0.25, -0.2) is 0 Å².